The van der Waals surface area contributed by atoms with Gasteiger partial charge in [0.2, 0.25) is 5.91 Å². The van der Waals surface area contributed by atoms with Crippen molar-refractivity contribution in [2.75, 3.05) is 17.2 Å². The Hall–Kier alpha value is -2.49. The zero-order valence-electron chi connectivity index (χ0n) is 15.8. The van der Waals surface area contributed by atoms with Crippen LogP contribution in [0.1, 0.15) is 37.0 Å². The van der Waals surface area contributed by atoms with Crippen molar-refractivity contribution in [1.29, 1.82) is 0 Å². The quantitative estimate of drug-likeness (QED) is 0.758. The van der Waals surface area contributed by atoms with Gasteiger partial charge in [-0.3, -0.25) is 4.79 Å². The molecule has 134 valence electrons. The number of amides is 1. The molecule has 1 atom stereocenters. The second kappa shape index (κ2) is 8.56. The number of anilines is 2. The summed E-state index contributed by atoms with van der Waals surface area (Å²) in [7, 11) is 0. The summed E-state index contributed by atoms with van der Waals surface area (Å²) >= 11 is 0. The van der Waals surface area contributed by atoms with Crippen LogP contribution in [0.5, 0.6) is 5.75 Å². The van der Waals surface area contributed by atoms with E-state index in [0.717, 1.165) is 34.7 Å². The normalized spacial score (nSPS) is 11.7. The molecule has 2 aromatic carbocycles. The van der Waals surface area contributed by atoms with E-state index in [1.54, 1.807) is 0 Å². The van der Waals surface area contributed by atoms with Crippen molar-refractivity contribution in [3.8, 4) is 5.75 Å². The van der Waals surface area contributed by atoms with E-state index < -0.39 is 0 Å². The van der Waals surface area contributed by atoms with Gasteiger partial charge in [0.1, 0.15) is 5.75 Å². The lowest BCUT2D eigenvalue weighted by Gasteiger charge is -2.14. The fourth-order valence-corrected chi connectivity index (χ4v) is 2.71. The van der Waals surface area contributed by atoms with Crippen molar-refractivity contribution in [3.05, 3.63) is 53.1 Å². The Labute approximate surface area is 150 Å². The first-order valence-corrected chi connectivity index (χ1v) is 8.77. The molecule has 25 heavy (non-hydrogen) atoms. The van der Waals surface area contributed by atoms with Crippen molar-refractivity contribution in [2.24, 2.45) is 0 Å². The zero-order valence-corrected chi connectivity index (χ0v) is 15.8. The average Bonchev–Trinajstić information content (AvgIpc) is 2.57. The van der Waals surface area contributed by atoms with Crippen molar-refractivity contribution in [2.45, 2.75) is 47.1 Å². The molecule has 1 unspecified atom stereocenters. The van der Waals surface area contributed by atoms with Crippen molar-refractivity contribution < 1.29 is 9.53 Å². The second-order valence-corrected chi connectivity index (χ2v) is 6.54. The molecule has 0 saturated heterocycles. The molecule has 2 aromatic rings. The largest absolute Gasteiger partial charge is 0.491 e. The van der Waals surface area contributed by atoms with Crippen LogP contribution in [0.4, 0.5) is 11.4 Å². The van der Waals surface area contributed by atoms with E-state index in [4.69, 9.17) is 4.74 Å². The molecule has 0 fully saturated rings. The Morgan fingerprint density at radius 1 is 1.08 bits per heavy atom. The predicted octanol–water partition coefficient (Wildman–Crippen LogP) is 4.84. The molecular formula is C21H28N2O2. The standard InChI is InChI=1S/C21H28N2O2/c1-6-17(5)25-19-9-7-18(8-10-19)22-13-20(24)23-21-15(3)11-14(2)12-16(21)4/h7-12,17,22H,6,13H2,1-5H3,(H,23,24). The molecule has 0 aliphatic heterocycles. The van der Waals surface area contributed by atoms with Crippen LogP contribution in [-0.2, 0) is 4.79 Å². The lowest BCUT2D eigenvalue weighted by Crippen LogP contribution is -2.22. The van der Waals surface area contributed by atoms with Crippen molar-refractivity contribution >= 4 is 17.3 Å². The molecule has 0 aromatic heterocycles. The van der Waals surface area contributed by atoms with Gasteiger partial charge in [-0.15, -0.1) is 0 Å². The summed E-state index contributed by atoms with van der Waals surface area (Å²) in [6.45, 7) is 10.4. The number of carbonyl (C=O) groups excluding carboxylic acids is 1. The molecule has 4 heteroatoms. The van der Waals surface area contributed by atoms with Gasteiger partial charge in [-0.05, 0) is 69.5 Å². The maximum absolute atomic E-state index is 12.2. The maximum Gasteiger partial charge on any atom is 0.243 e. The highest BCUT2D eigenvalue weighted by Gasteiger charge is 2.08. The van der Waals surface area contributed by atoms with E-state index in [9.17, 15) is 4.79 Å². The van der Waals surface area contributed by atoms with Crippen LogP contribution < -0.4 is 15.4 Å². The average molecular weight is 340 g/mol. The Kier molecular flexibility index (Phi) is 6.45. The molecule has 0 saturated carbocycles. The monoisotopic (exact) mass is 340 g/mol. The summed E-state index contributed by atoms with van der Waals surface area (Å²) in [5.74, 6) is 0.783. The van der Waals surface area contributed by atoms with Crippen LogP contribution in [0, 0.1) is 20.8 Å². The number of hydrogen-bond donors (Lipinski definition) is 2. The molecule has 0 aliphatic rings. The van der Waals surface area contributed by atoms with E-state index in [1.807, 2.05) is 45.0 Å². The van der Waals surface area contributed by atoms with Gasteiger partial charge in [0.25, 0.3) is 0 Å². The van der Waals surface area contributed by atoms with Gasteiger partial charge >= 0.3 is 0 Å². The van der Waals surface area contributed by atoms with Gasteiger partial charge in [-0.1, -0.05) is 24.6 Å². The zero-order chi connectivity index (χ0) is 18.4. The molecule has 2 N–H and O–H groups in total. The molecule has 0 aliphatic carbocycles. The van der Waals surface area contributed by atoms with Crippen LogP contribution >= 0.6 is 0 Å². The highest BCUT2D eigenvalue weighted by Crippen LogP contribution is 2.22. The minimum Gasteiger partial charge on any atom is -0.491 e. The summed E-state index contributed by atoms with van der Waals surface area (Å²) in [5, 5.41) is 6.14. The molecule has 2 rings (SSSR count). The van der Waals surface area contributed by atoms with Gasteiger partial charge < -0.3 is 15.4 Å². The molecule has 0 heterocycles. The van der Waals surface area contributed by atoms with Crippen molar-refractivity contribution in [3.63, 3.8) is 0 Å². The highest BCUT2D eigenvalue weighted by atomic mass is 16.5. The minimum atomic E-state index is -0.0602. The number of benzene rings is 2. The highest BCUT2D eigenvalue weighted by molar-refractivity contribution is 5.95. The van der Waals surface area contributed by atoms with Gasteiger partial charge in [-0.25, -0.2) is 0 Å². The molecule has 0 spiro atoms. The third kappa shape index (κ3) is 5.52. The van der Waals surface area contributed by atoms with Crippen LogP contribution in [0.25, 0.3) is 0 Å². The lowest BCUT2D eigenvalue weighted by molar-refractivity contribution is -0.114. The number of carbonyl (C=O) groups is 1. The number of hydrogen-bond acceptors (Lipinski definition) is 3. The van der Waals surface area contributed by atoms with Gasteiger partial charge in [0.05, 0.1) is 12.6 Å². The van der Waals surface area contributed by atoms with Crippen molar-refractivity contribution in [1.82, 2.24) is 0 Å². The molecule has 1 amide bonds. The van der Waals surface area contributed by atoms with E-state index in [2.05, 4.69) is 36.6 Å². The predicted molar refractivity (Wildman–Crippen MR) is 105 cm³/mol. The smallest absolute Gasteiger partial charge is 0.243 e. The Morgan fingerprint density at radius 3 is 2.24 bits per heavy atom. The maximum atomic E-state index is 12.2. The number of rotatable bonds is 7. The van der Waals surface area contributed by atoms with E-state index in [0.29, 0.717) is 0 Å². The summed E-state index contributed by atoms with van der Waals surface area (Å²) < 4.78 is 5.75. The summed E-state index contributed by atoms with van der Waals surface area (Å²) in [5.41, 5.74) is 5.15. The molecule has 0 bridgehead atoms. The second-order valence-electron chi connectivity index (χ2n) is 6.54. The van der Waals surface area contributed by atoms with Crippen LogP contribution in [0.3, 0.4) is 0 Å². The molecule has 0 radical (unpaired) electrons. The number of ether oxygens (including phenoxy) is 1. The Morgan fingerprint density at radius 2 is 1.68 bits per heavy atom. The summed E-state index contributed by atoms with van der Waals surface area (Å²) in [6, 6.07) is 11.8. The minimum absolute atomic E-state index is 0.0602. The van der Waals surface area contributed by atoms with Gasteiger partial charge in [0.15, 0.2) is 0 Å². The van der Waals surface area contributed by atoms with Crippen LogP contribution in [0.15, 0.2) is 36.4 Å². The van der Waals surface area contributed by atoms with Gasteiger partial charge in [0, 0.05) is 11.4 Å². The first-order valence-electron chi connectivity index (χ1n) is 8.77. The van der Waals surface area contributed by atoms with Gasteiger partial charge in [-0.2, -0.15) is 0 Å². The topological polar surface area (TPSA) is 50.4 Å². The first kappa shape index (κ1) is 18.8. The van der Waals surface area contributed by atoms with Crippen LogP contribution in [0.2, 0.25) is 0 Å². The lowest BCUT2D eigenvalue weighted by atomic mass is 10.1. The number of nitrogens with one attached hydrogen (secondary N) is 2. The SMILES string of the molecule is CCC(C)Oc1ccc(NCC(=O)Nc2c(C)cc(C)cc2C)cc1. The first-order chi connectivity index (χ1) is 11.9. The molecular weight excluding hydrogens is 312 g/mol. The fourth-order valence-electron chi connectivity index (χ4n) is 2.71. The van der Waals surface area contributed by atoms with Crippen LogP contribution in [-0.4, -0.2) is 18.6 Å². The third-order valence-corrected chi connectivity index (χ3v) is 4.16. The third-order valence-electron chi connectivity index (χ3n) is 4.16. The van der Waals surface area contributed by atoms with E-state index >= 15 is 0 Å². The Bertz CT molecular complexity index is 700. The summed E-state index contributed by atoms with van der Waals surface area (Å²) in [4.78, 5) is 12.2. The number of aryl methyl sites for hydroxylation is 3. The Balaban J connectivity index is 1.90. The fraction of sp³-hybridized carbons (Fsp3) is 0.381. The van der Waals surface area contributed by atoms with E-state index in [-0.39, 0.29) is 18.6 Å². The summed E-state index contributed by atoms with van der Waals surface area (Å²) in [6.07, 6.45) is 1.17. The van der Waals surface area contributed by atoms with E-state index in [1.165, 1.54) is 5.56 Å². The molecule has 4 nitrogen and oxygen atoms in total.